The van der Waals surface area contributed by atoms with Crippen molar-refractivity contribution in [2.24, 2.45) is 30.5 Å². The number of aromatic nitrogens is 2. The maximum Gasteiger partial charge on any atom is 0.241 e. The summed E-state index contributed by atoms with van der Waals surface area (Å²) in [5.41, 5.74) is 9.15. The van der Waals surface area contributed by atoms with E-state index in [2.05, 4.69) is 10.4 Å². The minimum absolute atomic E-state index is 0.0786. The molecule has 1 aromatic heterocycles. The summed E-state index contributed by atoms with van der Waals surface area (Å²) in [4.78, 5) is 12.7. The number of rotatable bonds is 7. The molecule has 0 radical (unpaired) electrons. The standard InChI is InChI=1S/C22H28N4O2/c1-26-20(17(12-24-26)22(28)10-11-22)15-6-8-16(9-7-15)25-21(27)19(23)18(13-2-3-13)14-4-5-14/h6-9,12-14,18-19,28H,2-5,10-11,23H2,1H3,(H,25,27)/t19-/m0/s1. The van der Waals surface area contributed by atoms with Crippen molar-refractivity contribution in [1.29, 1.82) is 0 Å². The fourth-order valence-electron chi connectivity index (χ4n) is 4.55. The molecular weight excluding hydrogens is 352 g/mol. The smallest absolute Gasteiger partial charge is 0.241 e. The van der Waals surface area contributed by atoms with Gasteiger partial charge < -0.3 is 16.2 Å². The first kappa shape index (κ1) is 17.9. The highest BCUT2D eigenvalue weighted by Gasteiger charge is 2.47. The number of carbonyl (C=O) groups is 1. The average molecular weight is 380 g/mol. The molecule has 6 heteroatoms. The number of nitrogens with two attached hydrogens (primary N) is 1. The van der Waals surface area contributed by atoms with Crippen molar-refractivity contribution >= 4 is 11.6 Å². The molecule has 4 N–H and O–H groups in total. The van der Waals surface area contributed by atoms with Crippen LogP contribution >= 0.6 is 0 Å². The van der Waals surface area contributed by atoms with Gasteiger partial charge in [0, 0.05) is 23.9 Å². The number of amides is 1. The fraction of sp³-hybridized carbons (Fsp3) is 0.545. The van der Waals surface area contributed by atoms with Crippen LogP contribution in [0.5, 0.6) is 0 Å². The number of aliphatic hydroxyl groups is 1. The van der Waals surface area contributed by atoms with Crippen LogP contribution in [0.1, 0.15) is 44.1 Å². The van der Waals surface area contributed by atoms with E-state index in [0.29, 0.717) is 17.8 Å². The van der Waals surface area contributed by atoms with E-state index in [9.17, 15) is 9.90 Å². The number of nitrogens with zero attached hydrogens (tertiary/aromatic N) is 2. The van der Waals surface area contributed by atoms with Gasteiger partial charge in [0.25, 0.3) is 0 Å². The Balaban J connectivity index is 1.31. The molecule has 1 heterocycles. The topological polar surface area (TPSA) is 93.2 Å². The summed E-state index contributed by atoms with van der Waals surface area (Å²) in [6, 6.07) is 7.31. The number of anilines is 1. The Morgan fingerprint density at radius 3 is 2.36 bits per heavy atom. The summed E-state index contributed by atoms with van der Waals surface area (Å²) in [6.07, 6.45) is 8.19. The molecule has 0 spiro atoms. The van der Waals surface area contributed by atoms with E-state index in [1.165, 1.54) is 25.7 Å². The Labute approximate surface area is 165 Å². The third-order valence-corrected chi connectivity index (χ3v) is 6.64. The van der Waals surface area contributed by atoms with Crippen molar-refractivity contribution < 1.29 is 9.90 Å². The third-order valence-electron chi connectivity index (χ3n) is 6.64. The highest BCUT2D eigenvalue weighted by Crippen LogP contribution is 2.50. The first-order valence-corrected chi connectivity index (χ1v) is 10.4. The molecule has 28 heavy (non-hydrogen) atoms. The largest absolute Gasteiger partial charge is 0.385 e. The Kier molecular flexibility index (Phi) is 4.10. The molecule has 3 saturated carbocycles. The third kappa shape index (κ3) is 3.25. The van der Waals surface area contributed by atoms with Gasteiger partial charge in [0.1, 0.15) is 0 Å². The number of nitrogens with one attached hydrogen (secondary N) is 1. The summed E-state index contributed by atoms with van der Waals surface area (Å²) in [5, 5.41) is 17.8. The number of aryl methyl sites for hydroxylation is 1. The number of carbonyl (C=O) groups excluding carboxylic acids is 1. The molecule has 148 valence electrons. The van der Waals surface area contributed by atoms with Gasteiger partial charge in [-0.2, -0.15) is 5.10 Å². The molecule has 2 aromatic rings. The Morgan fingerprint density at radius 1 is 1.21 bits per heavy atom. The summed E-state index contributed by atoms with van der Waals surface area (Å²) in [6.45, 7) is 0. The van der Waals surface area contributed by atoms with Crippen LogP contribution in [0.15, 0.2) is 30.5 Å². The Morgan fingerprint density at radius 2 is 1.82 bits per heavy atom. The van der Waals surface area contributed by atoms with E-state index in [0.717, 1.165) is 35.3 Å². The van der Waals surface area contributed by atoms with Crippen LogP contribution in [0, 0.1) is 17.8 Å². The summed E-state index contributed by atoms with van der Waals surface area (Å²) in [7, 11) is 1.88. The molecular formula is C22H28N4O2. The zero-order chi connectivity index (χ0) is 19.5. The molecule has 3 fully saturated rings. The van der Waals surface area contributed by atoms with Crippen molar-refractivity contribution in [1.82, 2.24) is 9.78 Å². The van der Waals surface area contributed by atoms with E-state index < -0.39 is 11.6 Å². The quantitative estimate of drug-likeness (QED) is 0.689. The van der Waals surface area contributed by atoms with Crippen molar-refractivity contribution in [3.8, 4) is 11.3 Å². The summed E-state index contributed by atoms with van der Waals surface area (Å²) < 4.78 is 1.80. The van der Waals surface area contributed by atoms with Crippen molar-refractivity contribution in [2.45, 2.75) is 50.2 Å². The van der Waals surface area contributed by atoms with Crippen LogP contribution in [0.2, 0.25) is 0 Å². The minimum Gasteiger partial charge on any atom is -0.385 e. The Hall–Kier alpha value is -2.18. The second-order valence-electron chi connectivity index (χ2n) is 8.91. The van der Waals surface area contributed by atoms with Crippen molar-refractivity contribution in [3.63, 3.8) is 0 Å². The molecule has 5 rings (SSSR count). The number of benzene rings is 1. The fourth-order valence-corrected chi connectivity index (χ4v) is 4.55. The van der Waals surface area contributed by atoms with Crippen LogP contribution in [0.4, 0.5) is 5.69 Å². The van der Waals surface area contributed by atoms with E-state index in [1.54, 1.807) is 10.9 Å². The van der Waals surface area contributed by atoms with Gasteiger partial charge in [-0.05, 0) is 68.4 Å². The SMILES string of the molecule is Cn1ncc(C2(O)CC2)c1-c1ccc(NC(=O)[C@@H](N)C(C2CC2)C2CC2)cc1. The van der Waals surface area contributed by atoms with Crippen LogP contribution in [0.25, 0.3) is 11.3 Å². The zero-order valence-corrected chi connectivity index (χ0v) is 16.3. The summed E-state index contributed by atoms with van der Waals surface area (Å²) >= 11 is 0. The molecule has 0 unspecified atom stereocenters. The molecule has 3 aliphatic rings. The lowest BCUT2D eigenvalue weighted by molar-refractivity contribution is -0.118. The zero-order valence-electron chi connectivity index (χ0n) is 16.3. The van der Waals surface area contributed by atoms with E-state index in [-0.39, 0.29) is 5.91 Å². The molecule has 0 aliphatic heterocycles. The second-order valence-corrected chi connectivity index (χ2v) is 8.91. The highest BCUT2D eigenvalue weighted by atomic mass is 16.3. The van der Waals surface area contributed by atoms with Crippen LogP contribution in [-0.4, -0.2) is 26.8 Å². The van der Waals surface area contributed by atoms with E-state index in [4.69, 9.17) is 5.73 Å². The molecule has 1 atom stereocenters. The lowest BCUT2D eigenvalue weighted by atomic mass is 9.89. The van der Waals surface area contributed by atoms with Gasteiger partial charge in [-0.15, -0.1) is 0 Å². The predicted molar refractivity (Wildman–Crippen MR) is 107 cm³/mol. The van der Waals surface area contributed by atoms with Gasteiger partial charge >= 0.3 is 0 Å². The normalized spacial score (nSPS) is 21.6. The minimum atomic E-state index is -0.732. The lowest BCUT2D eigenvalue weighted by Crippen LogP contribution is -2.43. The Bertz CT molecular complexity index is 880. The molecule has 1 amide bonds. The van der Waals surface area contributed by atoms with Gasteiger partial charge in [-0.1, -0.05) is 12.1 Å². The number of hydrogen-bond acceptors (Lipinski definition) is 4. The van der Waals surface area contributed by atoms with Gasteiger partial charge in [0.05, 0.1) is 23.5 Å². The van der Waals surface area contributed by atoms with Gasteiger partial charge in [0.2, 0.25) is 5.91 Å². The maximum atomic E-state index is 12.7. The van der Waals surface area contributed by atoms with Crippen LogP contribution in [0.3, 0.4) is 0 Å². The first-order valence-electron chi connectivity index (χ1n) is 10.4. The highest BCUT2D eigenvalue weighted by molar-refractivity contribution is 5.95. The lowest BCUT2D eigenvalue weighted by Gasteiger charge is -2.23. The molecule has 1 aromatic carbocycles. The van der Waals surface area contributed by atoms with E-state index in [1.807, 2.05) is 31.3 Å². The maximum absolute atomic E-state index is 12.7. The summed E-state index contributed by atoms with van der Waals surface area (Å²) in [5.74, 6) is 1.56. The molecule has 6 nitrogen and oxygen atoms in total. The molecule has 0 saturated heterocycles. The van der Waals surface area contributed by atoms with Gasteiger partial charge in [-0.3, -0.25) is 9.48 Å². The van der Waals surface area contributed by atoms with Crippen LogP contribution in [-0.2, 0) is 17.4 Å². The molecule has 3 aliphatic carbocycles. The van der Waals surface area contributed by atoms with Crippen molar-refractivity contribution in [3.05, 3.63) is 36.0 Å². The van der Waals surface area contributed by atoms with Gasteiger partial charge in [0.15, 0.2) is 0 Å². The van der Waals surface area contributed by atoms with Gasteiger partial charge in [-0.25, -0.2) is 0 Å². The molecule has 0 bridgehead atoms. The van der Waals surface area contributed by atoms with Crippen LogP contribution < -0.4 is 11.1 Å². The van der Waals surface area contributed by atoms with Crippen molar-refractivity contribution in [2.75, 3.05) is 5.32 Å². The second kappa shape index (κ2) is 6.42. The first-order chi connectivity index (χ1) is 13.5. The predicted octanol–water partition coefficient (Wildman–Crippen LogP) is 2.77. The van der Waals surface area contributed by atoms with E-state index >= 15 is 0 Å². The monoisotopic (exact) mass is 380 g/mol. The number of hydrogen-bond donors (Lipinski definition) is 3. The average Bonchev–Trinajstić information content (AvgIpc) is 3.54.